The van der Waals surface area contributed by atoms with E-state index in [2.05, 4.69) is 36.6 Å². The molecule has 1 N–H and O–H groups in total. The molecule has 0 radical (unpaired) electrons. The van der Waals surface area contributed by atoms with Crippen LogP contribution in [0.3, 0.4) is 0 Å². The zero-order valence-electron chi connectivity index (χ0n) is 10.1. The first-order chi connectivity index (χ1) is 9.44. The van der Waals surface area contributed by atoms with Crippen LogP contribution in [0.2, 0.25) is 5.02 Å². The third kappa shape index (κ3) is 3.55. The summed E-state index contributed by atoms with van der Waals surface area (Å²) in [7, 11) is -3.72. The first kappa shape index (κ1) is 15.8. The highest BCUT2D eigenvalue weighted by molar-refractivity contribution is 9.10. The van der Waals surface area contributed by atoms with Crippen molar-refractivity contribution < 1.29 is 8.42 Å². The summed E-state index contributed by atoms with van der Waals surface area (Å²) in [6, 6.07) is 11.8. The van der Waals surface area contributed by atoms with E-state index in [0.29, 0.717) is 11.0 Å². The van der Waals surface area contributed by atoms with Crippen molar-refractivity contribution in [2.75, 3.05) is 4.72 Å². The molecule has 106 valence electrons. The standard InChI is InChI=1S/C13H10Br2ClNO2S/c14-8-9-3-1-2-4-12(9)17-20(18,19)13-6-5-10(15)7-11(13)16/h1-7,17H,8H2. The fourth-order valence-corrected chi connectivity index (χ4v) is 4.26. The first-order valence-electron chi connectivity index (χ1n) is 5.56. The van der Waals surface area contributed by atoms with Crippen LogP contribution in [0, 0.1) is 0 Å². The molecule has 0 heterocycles. The molecule has 0 spiro atoms. The van der Waals surface area contributed by atoms with Gasteiger partial charge in [-0.3, -0.25) is 4.72 Å². The molecule has 0 unspecified atom stereocenters. The molecule has 2 aromatic rings. The van der Waals surface area contributed by atoms with Gasteiger partial charge in [0.25, 0.3) is 10.0 Å². The fourth-order valence-electron chi connectivity index (χ4n) is 1.63. The van der Waals surface area contributed by atoms with E-state index in [-0.39, 0.29) is 9.92 Å². The van der Waals surface area contributed by atoms with Gasteiger partial charge in [-0.2, -0.15) is 0 Å². The number of para-hydroxylation sites is 1. The van der Waals surface area contributed by atoms with Gasteiger partial charge in [0.15, 0.2) is 0 Å². The molecule has 0 saturated carbocycles. The molecule has 7 heteroatoms. The summed E-state index contributed by atoms with van der Waals surface area (Å²) in [4.78, 5) is 0.0479. The number of hydrogen-bond donors (Lipinski definition) is 1. The highest BCUT2D eigenvalue weighted by atomic mass is 79.9. The van der Waals surface area contributed by atoms with Crippen molar-refractivity contribution in [1.29, 1.82) is 0 Å². The van der Waals surface area contributed by atoms with Gasteiger partial charge < -0.3 is 0 Å². The number of hydrogen-bond acceptors (Lipinski definition) is 2. The molecule has 0 aliphatic heterocycles. The van der Waals surface area contributed by atoms with Crippen LogP contribution in [-0.2, 0) is 15.4 Å². The normalized spacial score (nSPS) is 11.3. The van der Waals surface area contributed by atoms with Gasteiger partial charge in [-0.1, -0.05) is 61.7 Å². The minimum absolute atomic E-state index is 0.0479. The minimum atomic E-state index is -3.72. The summed E-state index contributed by atoms with van der Waals surface area (Å²) in [6.07, 6.45) is 0. The number of benzene rings is 2. The van der Waals surface area contributed by atoms with Crippen LogP contribution in [0.4, 0.5) is 5.69 Å². The Balaban J connectivity index is 2.41. The van der Waals surface area contributed by atoms with Gasteiger partial charge in [0.1, 0.15) is 4.90 Å². The molecule has 3 nitrogen and oxygen atoms in total. The molecule has 0 aliphatic rings. The summed E-state index contributed by atoms with van der Waals surface area (Å²) in [6.45, 7) is 0. The maximum Gasteiger partial charge on any atom is 0.263 e. The van der Waals surface area contributed by atoms with E-state index in [1.807, 2.05) is 12.1 Å². The summed E-state index contributed by atoms with van der Waals surface area (Å²) in [5, 5.41) is 0.725. The van der Waals surface area contributed by atoms with E-state index in [0.717, 1.165) is 10.0 Å². The van der Waals surface area contributed by atoms with Crippen LogP contribution in [0.25, 0.3) is 0 Å². The predicted octanol–water partition coefficient (Wildman–Crippen LogP) is 4.80. The molecule has 0 atom stereocenters. The SMILES string of the molecule is O=S(=O)(Nc1ccccc1CBr)c1ccc(Br)cc1Cl. The Morgan fingerprint density at radius 3 is 2.50 bits per heavy atom. The second-order valence-electron chi connectivity index (χ2n) is 3.97. The lowest BCUT2D eigenvalue weighted by Crippen LogP contribution is -2.14. The Kier molecular flexibility index (Phi) is 5.12. The van der Waals surface area contributed by atoms with E-state index >= 15 is 0 Å². The number of anilines is 1. The molecule has 0 bridgehead atoms. The Labute approximate surface area is 139 Å². The number of nitrogens with one attached hydrogen (secondary N) is 1. The fraction of sp³-hybridized carbons (Fsp3) is 0.0769. The monoisotopic (exact) mass is 437 g/mol. The quantitative estimate of drug-likeness (QED) is 0.696. The summed E-state index contributed by atoms with van der Waals surface area (Å²) in [5.41, 5.74) is 1.38. The molecule has 0 fully saturated rings. The van der Waals surface area contributed by atoms with Crippen LogP contribution >= 0.6 is 43.5 Å². The number of rotatable bonds is 4. The highest BCUT2D eigenvalue weighted by Gasteiger charge is 2.19. The maximum absolute atomic E-state index is 12.4. The molecule has 20 heavy (non-hydrogen) atoms. The van der Waals surface area contributed by atoms with Crippen molar-refractivity contribution >= 4 is 59.2 Å². The smallest absolute Gasteiger partial charge is 0.263 e. The van der Waals surface area contributed by atoms with Gasteiger partial charge in [0.05, 0.1) is 10.7 Å². The summed E-state index contributed by atoms with van der Waals surface area (Å²) in [5.74, 6) is 0. The summed E-state index contributed by atoms with van der Waals surface area (Å²) >= 11 is 12.6. The Bertz CT molecular complexity index is 735. The second-order valence-corrected chi connectivity index (χ2v) is 7.51. The molecular formula is C13H10Br2ClNO2S. The van der Waals surface area contributed by atoms with Crippen LogP contribution < -0.4 is 4.72 Å². The largest absolute Gasteiger partial charge is 0.279 e. The molecule has 0 aromatic heterocycles. The third-order valence-electron chi connectivity index (χ3n) is 2.59. The summed E-state index contributed by atoms with van der Waals surface area (Å²) < 4.78 is 28.0. The Hall–Kier alpha value is -0.560. The Morgan fingerprint density at radius 1 is 1.15 bits per heavy atom. The topological polar surface area (TPSA) is 46.2 Å². The van der Waals surface area contributed by atoms with Crippen LogP contribution in [0.15, 0.2) is 51.8 Å². The minimum Gasteiger partial charge on any atom is -0.279 e. The van der Waals surface area contributed by atoms with Gasteiger partial charge >= 0.3 is 0 Å². The van der Waals surface area contributed by atoms with E-state index < -0.39 is 10.0 Å². The van der Waals surface area contributed by atoms with Crippen LogP contribution in [-0.4, -0.2) is 8.42 Å². The van der Waals surface area contributed by atoms with E-state index in [4.69, 9.17) is 11.6 Å². The molecule has 2 aromatic carbocycles. The van der Waals surface area contributed by atoms with Crippen molar-refractivity contribution in [2.45, 2.75) is 10.2 Å². The third-order valence-corrected chi connectivity index (χ3v) is 5.53. The molecule has 0 amide bonds. The van der Waals surface area contributed by atoms with Gasteiger partial charge in [0, 0.05) is 9.80 Å². The van der Waals surface area contributed by atoms with E-state index in [1.54, 1.807) is 24.3 Å². The van der Waals surface area contributed by atoms with E-state index in [1.165, 1.54) is 6.07 Å². The Morgan fingerprint density at radius 2 is 1.85 bits per heavy atom. The molecule has 0 saturated heterocycles. The lowest BCUT2D eigenvalue weighted by molar-refractivity contribution is 0.601. The van der Waals surface area contributed by atoms with Crippen LogP contribution in [0.1, 0.15) is 5.56 Å². The second kappa shape index (κ2) is 6.47. The zero-order chi connectivity index (χ0) is 14.8. The average molecular weight is 440 g/mol. The van der Waals surface area contributed by atoms with Gasteiger partial charge in [-0.25, -0.2) is 8.42 Å². The van der Waals surface area contributed by atoms with Crippen molar-refractivity contribution in [3.05, 3.63) is 57.5 Å². The van der Waals surface area contributed by atoms with Crippen molar-refractivity contribution in [3.63, 3.8) is 0 Å². The molecule has 2 rings (SSSR count). The average Bonchev–Trinajstić information content (AvgIpc) is 2.38. The lowest BCUT2D eigenvalue weighted by atomic mass is 10.2. The van der Waals surface area contributed by atoms with Crippen molar-refractivity contribution in [2.24, 2.45) is 0 Å². The van der Waals surface area contributed by atoms with Crippen molar-refractivity contribution in [3.8, 4) is 0 Å². The van der Waals surface area contributed by atoms with Gasteiger partial charge in [0.2, 0.25) is 0 Å². The molecule has 0 aliphatic carbocycles. The van der Waals surface area contributed by atoms with E-state index in [9.17, 15) is 8.42 Å². The molecular weight excluding hydrogens is 429 g/mol. The van der Waals surface area contributed by atoms with Gasteiger partial charge in [-0.05, 0) is 29.8 Å². The van der Waals surface area contributed by atoms with Gasteiger partial charge in [-0.15, -0.1) is 0 Å². The number of sulfonamides is 1. The van der Waals surface area contributed by atoms with Crippen LogP contribution in [0.5, 0.6) is 0 Å². The highest BCUT2D eigenvalue weighted by Crippen LogP contribution is 2.28. The predicted molar refractivity (Wildman–Crippen MR) is 89.0 cm³/mol. The number of halogens is 3. The maximum atomic E-state index is 12.4. The number of alkyl halides is 1. The van der Waals surface area contributed by atoms with Crippen molar-refractivity contribution in [1.82, 2.24) is 0 Å². The lowest BCUT2D eigenvalue weighted by Gasteiger charge is -2.12. The first-order valence-corrected chi connectivity index (χ1v) is 9.33. The zero-order valence-corrected chi connectivity index (χ0v) is 14.9.